The fourth-order valence-corrected chi connectivity index (χ4v) is 4.40. The molecule has 3 rings (SSSR count). The molecule has 0 aliphatic rings. The first-order valence-electron chi connectivity index (χ1n) is 8.28. The average molecular weight is 401 g/mol. The largest absolute Gasteiger partial charge is 0.348 e. The summed E-state index contributed by atoms with van der Waals surface area (Å²) in [7, 11) is 5.34. The fourth-order valence-electron chi connectivity index (χ4n) is 2.40. The Morgan fingerprint density at radius 1 is 1.15 bits per heavy atom. The van der Waals surface area contributed by atoms with E-state index in [-0.39, 0.29) is 17.6 Å². The molecule has 1 heterocycles. The normalized spacial score (nSPS) is 11.6. The molecule has 6 nitrogen and oxygen atoms in total. The van der Waals surface area contributed by atoms with Crippen molar-refractivity contribution in [2.24, 2.45) is 12.1 Å². The van der Waals surface area contributed by atoms with Crippen LogP contribution in [0.5, 0.6) is 0 Å². The van der Waals surface area contributed by atoms with Crippen molar-refractivity contribution < 1.29 is 9.59 Å². The molecule has 3 aromatic rings. The number of para-hydroxylation sites is 1. The number of amides is 2. The number of rotatable bonds is 5. The van der Waals surface area contributed by atoms with Crippen molar-refractivity contribution in [3.63, 3.8) is 0 Å². The lowest BCUT2D eigenvalue weighted by molar-refractivity contribution is -0.125. The van der Waals surface area contributed by atoms with E-state index < -0.39 is 0 Å². The highest BCUT2D eigenvalue weighted by Gasteiger charge is 2.13. The number of nitrogens with one attached hydrogen (secondary N) is 1. The molecule has 2 aromatic carbocycles. The van der Waals surface area contributed by atoms with Gasteiger partial charge in [0.2, 0.25) is 10.7 Å². The molecule has 0 fully saturated rings. The number of aryl methyl sites for hydroxylation is 1. The van der Waals surface area contributed by atoms with Crippen LogP contribution >= 0.6 is 23.1 Å². The van der Waals surface area contributed by atoms with E-state index in [9.17, 15) is 9.59 Å². The van der Waals surface area contributed by atoms with Crippen molar-refractivity contribution in [2.75, 3.05) is 19.8 Å². The molecule has 1 aromatic heterocycles. The van der Waals surface area contributed by atoms with Gasteiger partial charge in [-0.1, -0.05) is 35.6 Å². The first-order valence-corrected chi connectivity index (χ1v) is 10.1. The molecule has 140 valence electrons. The lowest BCUT2D eigenvalue weighted by Crippen LogP contribution is -2.25. The van der Waals surface area contributed by atoms with E-state index >= 15 is 0 Å². The number of hydrogen-bond donors (Lipinski definition) is 1. The van der Waals surface area contributed by atoms with Crippen LogP contribution in [0.4, 0.5) is 0 Å². The Morgan fingerprint density at radius 2 is 1.85 bits per heavy atom. The smallest absolute Gasteiger partial charge is 0.272 e. The van der Waals surface area contributed by atoms with E-state index in [1.807, 2.05) is 48.0 Å². The van der Waals surface area contributed by atoms with Crippen LogP contribution in [0.3, 0.4) is 0 Å². The molecule has 1 N–H and O–H groups in total. The highest BCUT2D eigenvalue weighted by atomic mass is 32.2. The Labute approximate surface area is 165 Å². The standard InChI is InChI=1S/C19H20N4O2S2/c1-22(2)17(24)12-26-15-10-6-4-8-13(15)18(25)20-21-19-23(3)14-9-5-7-11-16(14)27-19/h4-11H,12H2,1-3H3,(H,20,25)/b21-19-. The predicted molar refractivity (Wildman–Crippen MR) is 110 cm³/mol. The van der Waals surface area contributed by atoms with Crippen molar-refractivity contribution in [1.82, 2.24) is 14.9 Å². The number of thioether (sulfide) groups is 1. The summed E-state index contributed by atoms with van der Waals surface area (Å²) in [6.45, 7) is 0. The van der Waals surface area contributed by atoms with Gasteiger partial charge in [-0.25, -0.2) is 5.43 Å². The highest BCUT2D eigenvalue weighted by Crippen LogP contribution is 2.23. The molecule has 8 heteroatoms. The van der Waals surface area contributed by atoms with Gasteiger partial charge < -0.3 is 9.47 Å². The van der Waals surface area contributed by atoms with Crippen LogP contribution in [0.2, 0.25) is 0 Å². The molecule has 0 aliphatic heterocycles. The third-order valence-corrected chi connectivity index (χ3v) is 6.12. The van der Waals surface area contributed by atoms with Crippen molar-refractivity contribution in [2.45, 2.75) is 4.90 Å². The molecular formula is C19H20N4O2S2. The zero-order valence-electron chi connectivity index (χ0n) is 15.3. The number of carbonyl (C=O) groups excluding carboxylic acids is 2. The first kappa shape index (κ1) is 19.2. The summed E-state index contributed by atoms with van der Waals surface area (Å²) in [4.78, 5) is 27.4. The summed E-state index contributed by atoms with van der Waals surface area (Å²) in [5.41, 5.74) is 4.20. The fraction of sp³-hybridized carbons (Fsp3) is 0.211. The molecular weight excluding hydrogens is 380 g/mol. The minimum atomic E-state index is -0.298. The Balaban J connectivity index is 1.80. The van der Waals surface area contributed by atoms with Crippen molar-refractivity contribution in [1.29, 1.82) is 0 Å². The minimum absolute atomic E-state index is 0.00259. The molecule has 0 bridgehead atoms. The van der Waals surface area contributed by atoms with Crippen LogP contribution in [0, 0.1) is 0 Å². The minimum Gasteiger partial charge on any atom is -0.348 e. The van der Waals surface area contributed by atoms with Crippen molar-refractivity contribution in [3.8, 4) is 0 Å². The van der Waals surface area contributed by atoms with Gasteiger partial charge in [-0.2, -0.15) is 0 Å². The van der Waals surface area contributed by atoms with Gasteiger partial charge in [0, 0.05) is 26.0 Å². The van der Waals surface area contributed by atoms with Gasteiger partial charge in [-0.15, -0.1) is 16.9 Å². The Bertz CT molecular complexity index is 1050. The summed E-state index contributed by atoms with van der Waals surface area (Å²) in [6, 6.07) is 15.2. The van der Waals surface area contributed by atoms with E-state index in [0.29, 0.717) is 10.4 Å². The zero-order chi connectivity index (χ0) is 19.4. The summed E-state index contributed by atoms with van der Waals surface area (Å²) < 4.78 is 3.04. The number of hydrogen-bond acceptors (Lipinski definition) is 5. The number of benzene rings is 2. The lowest BCUT2D eigenvalue weighted by Gasteiger charge is -2.11. The Kier molecular flexibility index (Phi) is 5.98. The van der Waals surface area contributed by atoms with Gasteiger partial charge in [-0.05, 0) is 24.3 Å². The van der Waals surface area contributed by atoms with Gasteiger partial charge >= 0.3 is 0 Å². The topological polar surface area (TPSA) is 66.7 Å². The van der Waals surface area contributed by atoms with Crippen LogP contribution in [0.25, 0.3) is 10.2 Å². The molecule has 0 saturated carbocycles. The van der Waals surface area contributed by atoms with Crippen LogP contribution < -0.4 is 10.2 Å². The molecule has 2 amide bonds. The quantitative estimate of drug-likeness (QED) is 0.529. The first-order chi connectivity index (χ1) is 13.0. The second-order valence-electron chi connectivity index (χ2n) is 6.04. The number of fused-ring (bicyclic) bond motifs is 1. The van der Waals surface area contributed by atoms with E-state index in [4.69, 9.17) is 0 Å². The second kappa shape index (κ2) is 8.41. The molecule has 27 heavy (non-hydrogen) atoms. The molecule has 0 aliphatic carbocycles. The van der Waals surface area contributed by atoms with E-state index in [1.54, 1.807) is 26.2 Å². The van der Waals surface area contributed by atoms with Gasteiger partial charge in [0.25, 0.3) is 5.91 Å². The SMILES string of the molecule is CN(C)C(=O)CSc1ccccc1C(=O)N/N=c1\sc2ccccc2n1C. The molecule has 0 radical (unpaired) electrons. The molecule has 0 saturated heterocycles. The molecule has 0 unspecified atom stereocenters. The zero-order valence-corrected chi connectivity index (χ0v) is 16.9. The third kappa shape index (κ3) is 4.40. The van der Waals surface area contributed by atoms with Crippen molar-refractivity contribution in [3.05, 3.63) is 58.9 Å². The number of aromatic nitrogens is 1. The van der Waals surface area contributed by atoms with Gasteiger partial charge in [0.15, 0.2) is 0 Å². The monoisotopic (exact) mass is 400 g/mol. The number of nitrogens with zero attached hydrogens (tertiary/aromatic N) is 3. The second-order valence-corrected chi connectivity index (χ2v) is 8.06. The maximum atomic E-state index is 12.6. The van der Waals surface area contributed by atoms with E-state index in [0.717, 1.165) is 15.1 Å². The summed E-state index contributed by atoms with van der Waals surface area (Å²) in [6.07, 6.45) is 0. The Morgan fingerprint density at radius 3 is 2.59 bits per heavy atom. The maximum absolute atomic E-state index is 12.6. The molecule has 0 atom stereocenters. The lowest BCUT2D eigenvalue weighted by atomic mass is 10.2. The van der Waals surface area contributed by atoms with Crippen LogP contribution in [-0.2, 0) is 11.8 Å². The van der Waals surface area contributed by atoms with Crippen LogP contribution in [-0.4, -0.2) is 41.1 Å². The van der Waals surface area contributed by atoms with E-state index in [1.165, 1.54) is 28.0 Å². The maximum Gasteiger partial charge on any atom is 0.272 e. The highest BCUT2D eigenvalue weighted by molar-refractivity contribution is 8.00. The molecule has 0 spiro atoms. The average Bonchev–Trinajstić information content (AvgIpc) is 3.00. The number of thiazole rings is 1. The van der Waals surface area contributed by atoms with Gasteiger partial charge in [0.1, 0.15) is 0 Å². The Hall–Kier alpha value is -2.58. The summed E-state index contributed by atoms with van der Waals surface area (Å²) in [5, 5.41) is 4.28. The summed E-state index contributed by atoms with van der Waals surface area (Å²) >= 11 is 2.85. The van der Waals surface area contributed by atoms with Crippen LogP contribution in [0.1, 0.15) is 10.4 Å². The van der Waals surface area contributed by atoms with Crippen molar-refractivity contribution >= 4 is 45.1 Å². The van der Waals surface area contributed by atoms with Crippen LogP contribution in [0.15, 0.2) is 58.5 Å². The summed E-state index contributed by atoms with van der Waals surface area (Å²) in [5.74, 6) is -0.0234. The van der Waals surface area contributed by atoms with Gasteiger partial charge in [0.05, 0.1) is 21.5 Å². The number of carbonyl (C=O) groups is 2. The predicted octanol–water partition coefficient (Wildman–Crippen LogP) is 2.67. The third-order valence-electron chi connectivity index (χ3n) is 3.95. The van der Waals surface area contributed by atoms with E-state index in [2.05, 4.69) is 10.5 Å². The van der Waals surface area contributed by atoms with Gasteiger partial charge in [-0.3, -0.25) is 9.59 Å².